The fraction of sp³-hybridized carbons (Fsp3) is 0.185. The average Bonchev–Trinajstić information content (AvgIpc) is 3.05. The molecule has 0 aliphatic carbocycles. The van der Waals surface area contributed by atoms with Crippen LogP contribution in [-0.2, 0) is 15.3 Å². The lowest BCUT2D eigenvalue weighted by molar-refractivity contribution is -0.119. The third-order valence-electron chi connectivity index (χ3n) is 5.54. The topological polar surface area (TPSA) is 46.6 Å². The second-order valence-electron chi connectivity index (χ2n) is 7.60. The van der Waals surface area contributed by atoms with Gasteiger partial charge in [0.1, 0.15) is 5.75 Å². The van der Waals surface area contributed by atoms with Crippen LogP contribution >= 0.6 is 11.8 Å². The molecule has 0 radical (unpaired) electrons. The Balaban J connectivity index is 1.75. The second-order valence-corrected chi connectivity index (χ2v) is 8.59. The van der Waals surface area contributed by atoms with Gasteiger partial charge < -0.3 is 4.74 Å². The highest BCUT2D eigenvalue weighted by atomic mass is 32.2. The first-order valence-electron chi connectivity index (χ1n) is 10.6. The Morgan fingerprint density at radius 1 is 0.844 bits per heavy atom. The van der Waals surface area contributed by atoms with Gasteiger partial charge in [0, 0.05) is 5.75 Å². The van der Waals surface area contributed by atoms with E-state index in [1.165, 1.54) is 16.7 Å². The monoisotopic (exact) mass is 443 g/mol. The van der Waals surface area contributed by atoms with E-state index >= 15 is 0 Å². The minimum Gasteiger partial charge on any atom is -0.494 e. The minimum absolute atomic E-state index is 0.270. The zero-order valence-corrected chi connectivity index (χ0v) is 19.2. The number of carbonyl (C=O) groups is 2. The molecule has 3 aromatic rings. The molecule has 32 heavy (non-hydrogen) atoms. The van der Waals surface area contributed by atoms with Gasteiger partial charge in [-0.2, -0.15) is 0 Å². The normalized spacial score (nSPS) is 13.8. The van der Waals surface area contributed by atoms with Gasteiger partial charge >= 0.3 is 0 Å². The van der Waals surface area contributed by atoms with Gasteiger partial charge in [-0.3, -0.25) is 9.59 Å². The van der Waals surface area contributed by atoms with Crippen molar-refractivity contribution in [2.75, 3.05) is 11.5 Å². The number of thioether (sulfide) groups is 1. The molecule has 1 aliphatic heterocycles. The lowest BCUT2D eigenvalue weighted by atomic mass is 10.1. The third-order valence-corrected chi connectivity index (χ3v) is 6.68. The Bertz CT molecular complexity index is 1180. The predicted octanol–water partition coefficient (Wildman–Crippen LogP) is 5.92. The van der Waals surface area contributed by atoms with Crippen LogP contribution in [0.15, 0.2) is 77.7 Å². The van der Waals surface area contributed by atoms with Gasteiger partial charge in [-0.1, -0.05) is 54.6 Å². The van der Waals surface area contributed by atoms with E-state index in [4.69, 9.17) is 4.74 Å². The molecule has 3 aromatic carbocycles. The molecule has 4 nitrogen and oxygen atoms in total. The Labute approximate surface area is 192 Å². The van der Waals surface area contributed by atoms with Crippen molar-refractivity contribution < 1.29 is 14.3 Å². The molecular weight excluding hydrogens is 418 g/mol. The molecule has 0 fully saturated rings. The van der Waals surface area contributed by atoms with Crippen LogP contribution in [0, 0.1) is 13.8 Å². The van der Waals surface area contributed by atoms with Crippen molar-refractivity contribution in [3.8, 4) is 5.75 Å². The summed E-state index contributed by atoms with van der Waals surface area (Å²) in [6.07, 6.45) is 0. The summed E-state index contributed by atoms with van der Waals surface area (Å²) in [4.78, 5) is 29.0. The zero-order valence-electron chi connectivity index (χ0n) is 18.4. The van der Waals surface area contributed by atoms with Crippen LogP contribution in [0.2, 0.25) is 0 Å². The summed E-state index contributed by atoms with van der Waals surface area (Å²) in [5.41, 5.74) is 4.86. The summed E-state index contributed by atoms with van der Waals surface area (Å²) in [7, 11) is 0. The van der Waals surface area contributed by atoms with Crippen LogP contribution in [0.3, 0.4) is 0 Å². The van der Waals surface area contributed by atoms with Crippen LogP contribution in [0.1, 0.15) is 29.2 Å². The number of hydrogen-bond acceptors (Lipinski definition) is 4. The smallest absolute Gasteiger partial charge is 0.272 e. The van der Waals surface area contributed by atoms with E-state index in [-0.39, 0.29) is 11.8 Å². The van der Waals surface area contributed by atoms with E-state index in [0.29, 0.717) is 28.5 Å². The average molecular weight is 444 g/mol. The summed E-state index contributed by atoms with van der Waals surface area (Å²) < 4.78 is 5.54. The molecule has 0 spiro atoms. The SMILES string of the molecule is CCOc1ccc(C2=C(SCc3ccccc3)C(=O)N(c3cccc(C)c3C)C2=O)cc1. The number of imide groups is 1. The standard InChI is InChI=1S/C27H25NO3S/c1-4-31-22-15-13-21(14-16-22)24-25(32-17-20-10-6-5-7-11-20)27(30)28(26(24)29)23-12-8-9-18(2)19(23)3/h5-16H,4,17H2,1-3H3. The fourth-order valence-electron chi connectivity index (χ4n) is 3.71. The summed E-state index contributed by atoms with van der Waals surface area (Å²) in [6.45, 7) is 6.42. The molecule has 0 unspecified atom stereocenters. The van der Waals surface area contributed by atoms with Gasteiger partial charge in [-0.15, -0.1) is 11.8 Å². The number of benzene rings is 3. The quantitative estimate of drug-likeness (QED) is 0.425. The number of anilines is 1. The molecule has 0 saturated heterocycles. The molecule has 0 atom stereocenters. The highest BCUT2D eigenvalue weighted by Gasteiger charge is 2.40. The first-order chi connectivity index (χ1) is 15.5. The third kappa shape index (κ3) is 4.21. The van der Waals surface area contributed by atoms with Crippen molar-refractivity contribution in [2.24, 2.45) is 0 Å². The molecule has 5 heteroatoms. The van der Waals surface area contributed by atoms with Crippen molar-refractivity contribution in [1.29, 1.82) is 0 Å². The Morgan fingerprint density at radius 3 is 2.25 bits per heavy atom. The Hall–Kier alpha value is -3.31. The van der Waals surface area contributed by atoms with E-state index in [1.807, 2.05) is 93.6 Å². The van der Waals surface area contributed by atoms with E-state index in [2.05, 4.69) is 0 Å². The number of carbonyl (C=O) groups excluding carboxylic acids is 2. The van der Waals surface area contributed by atoms with Crippen molar-refractivity contribution in [3.05, 3.63) is 100.0 Å². The molecule has 0 bridgehead atoms. The van der Waals surface area contributed by atoms with Crippen LogP contribution in [-0.4, -0.2) is 18.4 Å². The van der Waals surface area contributed by atoms with E-state index in [9.17, 15) is 9.59 Å². The van der Waals surface area contributed by atoms with Crippen LogP contribution < -0.4 is 9.64 Å². The maximum absolute atomic E-state index is 13.6. The van der Waals surface area contributed by atoms with Gasteiger partial charge in [0.2, 0.25) is 0 Å². The summed E-state index contributed by atoms with van der Waals surface area (Å²) in [5.74, 6) is 0.784. The van der Waals surface area contributed by atoms with Crippen molar-refractivity contribution in [1.82, 2.24) is 0 Å². The van der Waals surface area contributed by atoms with Crippen molar-refractivity contribution in [2.45, 2.75) is 26.5 Å². The van der Waals surface area contributed by atoms with Crippen LogP contribution in [0.4, 0.5) is 5.69 Å². The molecule has 0 N–H and O–H groups in total. The van der Waals surface area contributed by atoms with E-state index < -0.39 is 0 Å². The number of amides is 2. The minimum atomic E-state index is -0.288. The first kappa shape index (κ1) is 21.9. The van der Waals surface area contributed by atoms with Gasteiger partial charge in [0.15, 0.2) is 0 Å². The Kier molecular flexibility index (Phi) is 6.47. The number of hydrogen-bond donors (Lipinski definition) is 0. The zero-order chi connectivity index (χ0) is 22.7. The largest absolute Gasteiger partial charge is 0.494 e. The maximum Gasteiger partial charge on any atom is 0.272 e. The van der Waals surface area contributed by atoms with E-state index in [1.54, 1.807) is 0 Å². The van der Waals surface area contributed by atoms with Crippen molar-refractivity contribution in [3.63, 3.8) is 0 Å². The molecule has 2 amide bonds. The number of nitrogens with zero attached hydrogens (tertiary/aromatic N) is 1. The van der Waals surface area contributed by atoms with Crippen LogP contribution in [0.25, 0.3) is 5.57 Å². The Morgan fingerprint density at radius 2 is 1.56 bits per heavy atom. The predicted molar refractivity (Wildman–Crippen MR) is 131 cm³/mol. The molecular formula is C27H25NO3S. The number of aryl methyl sites for hydroxylation is 1. The van der Waals surface area contributed by atoms with Gasteiger partial charge in [-0.05, 0) is 61.2 Å². The molecule has 162 valence electrons. The molecule has 0 aromatic heterocycles. The van der Waals surface area contributed by atoms with Crippen LogP contribution in [0.5, 0.6) is 5.75 Å². The number of ether oxygens (including phenoxy) is 1. The van der Waals surface area contributed by atoms with Gasteiger partial charge in [0.05, 0.1) is 22.8 Å². The lowest BCUT2D eigenvalue weighted by Gasteiger charge is -2.19. The molecule has 1 aliphatic rings. The highest BCUT2D eigenvalue weighted by Crippen LogP contribution is 2.41. The molecule has 1 heterocycles. The molecule has 0 saturated carbocycles. The lowest BCUT2D eigenvalue weighted by Crippen LogP contribution is -2.32. The second kappa shape index (κ2) is 9.45. The summed E-state index contributed by atoms with van der Waals surface area (Å²) >= 11 is 1.41. The molecule has 4 rings (SSSR count). The summed E-state index contributed by atoms with van der Waals surface area (Å²) in [6, 6.07) is 23.0. The maximum atomic E-state index is 13.6. The summed E-state index contributed by atoms with van der Waals surface area (Å²) in [5, 5.41) is 0. The van der Waals surface area contributed by atoms with Gasteiger partial charge in [-0.25, -0.2) is 4.90 Å². The van der Waals surface area contributed by atoms with Crippen molar-refractivity contribution >= 4 is 34.8 Å². The highest BCUT2D eigenvalue weighted by molar-refractivity contribution is 8.03. The van der Waals surface area contributed by atoms with Gasteiger partial charge in [0.25, 0.3) is 11.8 Å². The first-order valence-corrected chi connectivity index (χ1v) is 11.6. The number of rotatable bonds is 7. The fourth-order valence-corrected chi connectivity index (χ4v) is 4.78. The van der Waals surface area contributed by atoms with E-state index in [0.717, 1.165) is 28.0 Å².